The van der Waals surface area contributed by atoms with E-state index in [2.05, 4.69) is 10.5 Å². The quantitative estimate of drug-likeness (QED) is 0.225. The monoisotopic (exact) mass is 400 g/mol. The summed E-state index contributed by atoms with van der Waals surface area (Å²) in [4.78, 5) is 25.2. The van der Waals surface area contributed by atoms with Gasteiger partial charge in [-0.2, -0.15) is 5.10 Å². The summed E-state index contributed by atoms with van der Waals surface area (Å²) < 4.78 is 5.63. The molecule has 29 heavy (non-hydrogen) atoms. The lowest BCUT2D eigenvalue weighted by Crippen LogP contribution is -2.16. The van der Waals surface area contributed by atoms with Gasteiger partial charge in [-0.15, -0.1) is 11.3 Å². The number of amides is 1. The Bertz CT molecular complexity index is 1190. The third-order valence-electron chi connectivity index (χ3n) is 4.25. The number of nitrogens with one attached hydrogen (secondary N) is 1. The van der Waals surface area contributed by atoms with Crippen molar-refractivity contribution in [2.75, 3.05) is 0 Å². The van der Waals surface area contributed by atoms with Crippen molar-refractivity contribution in [3.63, 3.8) is 0 Å². The molecule has 0 bridgehead atoms. The minimum Gasteiger partial charge on any atom is -0.422 e. The second kappa shape index (κ2) is 8.50. The molecule has 0 aliphatic heterocycles. The molecular formula is C23H16N2O3S. The predicted molar refractivity (Wildman–Crippen MR) is 115 cm³/mol. The number of benzene rings is 3. The highest BCUT2D eigenvalue weighted by Crippen LogP contribution is 2.27. The van der Waals surface area contributed by atoms with E-state index >= 15 is 0 Å². The van der Waals surface area contributed by atoms with Crippen LogP contribution in [-0.4, -0.2) is 18.1 Å². The smallest absolute Gasteiger partial charge is 0.343 e. The molecular weight excluding hydrogens is 384 g/mol. The molecule has 3 aromatic carbocycles. The second-order valence-electron chi connectivity index (χ2n) is 6.13. The molecule has 1 N–H and O–H groups in total. The van der Waals surface area contributed by atoms with Gasteiger partial charge in [0.15, 0.2) is 0 Å². The Labute approximate surface area is 171 Å². The Morgan fingerprint density at radius 2 is 1.69 bits per heavy atom. The summed E-state index contributed by atoms with van der Waals surface area (Å²) in [7, 11) is 0. The van der Waals surface area contributed by atoms with Gasteiger partial charge in [0.2, 0.25) is 0 Å². The van der Waals surface area contributed by atoms with Crippen molar-refractivity contribution >= 4 is 40.2 Å². The van der Waals surface area contributed by atoms with Crippen LogP contribution in [0.1, 0.15) is 25.6 Å². The summed E-state index contributed by atoms with van der Waals surface area (Å²) in [5, 5.41) is 7.73. The SMILES string of the molecule is O=C(Oc1ccc2ccccc2c1/C=N\NC(=O)c1cccs1)c1ccccc1. The van der Waals surface area contributed by atoms with Gasteiger partial charge in [0.25, 0.3) is 5.91 Å². The molecule has 142 valence electrons. The van der Waals surface area contributed by atoms with Gasteiger partial charge in [-0.05, 0) is 40.4 Å². The molecule has 0 atom stereocenters. The molecule has 0 unspecified atom stereocenters. The first-order valence-electron chi connectivity index (χ1n) is 8.88. The summed E-state index contributed by atoms with van der Waals surface area (Å²) in [5.41, 5.74) is 3.57. The number of carbonyl (C=O) groups excluding carboxylic acids is 2. The van der Waals surface area contributed by atoms with Crippen LogP contribution in [0, 0.1) is 0 Å². The fraction of sp³-hybridized carbons (Fsp3) is 0. The number of nitrogens with zero attached hydrogens (tertiary/aromatic N) is 1. The number of ether oxygens (including phenoxy) is 1. The lowest BCUT2D eigenvalue weighted by Gasteiger charge is -2.10. The number of esters is 1. The molecule has 0 spiro atoms. The molecule has 0 saturated carbocycles. The molecule has 1 aromatic heterocycles. The van der Waals surface area contributed by atoms with Crippen LogP contribution in [-0.2, 0) is 0 Å². The maximum Gasteiger partial charge on any atom is 0.343 e. The molecule has 4 aromatic rings. The van der Waals surface area contributed by atoms with Gasteiger partial charge >= 0.3 is 5.97 Å². The highest BCUT2D eigenvalue weighted by atomic mass is 32.1. The van der Waals surface area contributed by atoms with E-state index in [1.54, 1.807) is 42.5 Å². The maximum atomic E-state index is 12.5. The Kier molecular flexibility index (Phi) is 5.45. The summed E-state index contributed by atoms with van der Waals surface area (Å²) in [6.07, 6.45) is 1.50. The molecule has 0 fully saturated rings. The highest BCUT2D eigenvalue weighted by molar-refractivity contribution is 7.12. The average Bonchev–Trinajstić information content (AvgIpc) is 3.30. The predicted octanol–water partition coefficient (Wildman–Crippen LogP) is 4.88. The first-order valence-corrected chi connectivity index (χ1v) is 9.76. The van der Waals surface area contributed by atoms with E-state index in [1.807, 2.05) is 41.8 Å². The largest absolute Gasteiger partial charge is 0.422 e. The Balaban J connectivity index is 1.65. The number of thiophene rings is 1. The zero-order valence-corrected chi connectivity index (χ0v) is 16.1. The van der Waals surface area contributed by atoms with E-state index in [4.69, 9.17) is 4.74 Å². The van der Waals surface area contributed by atoms with Crippen molar-refractivity contribution in [2.24, 2.45) is 5.10 Å². The van der Waals surface area contributed by atoms with Gasteiger partial charge in [0, 0.05) is 5.56 Å². The van der Waals surface area contributed by atoms with E-state index < -0.39 is 5.97 Å². The molecule has 4 rings (SSSR count). The van der Waals surface area contributed by atoms with Gasteiger partial charge in [0.05, 0.1) is 16.7 Å². The molecule has 1 heterocycles. The van der Waals surface area contributed by atoms with Crippen LogP contribution in [0.5, 0.6) is 5.75 Å². The van der Waals surface area contributed by atoms with Gasteiger partial charge < -0.3 is 4.74 Å². The molecule has 5 nitrogen and oxygen atoms in total. The summed E-state index contributed by atoms with van der Waals surface area (Å²) in [6.45, 7) is 0. The number of fused-ring (bicyclic) bond motifs is 1. The van der Waals surface area contributed by atoms with Crippen LogP contribution in [0.4, 0.5) is 0 Å². The Hall–Kier alpha value is -3.77. The first-order chi connectivity index (χ1) is 14.2. The average molecular weight is 400 g/mol. The summed E-state index contributed by atoms with van der Waals surface area (Å²) in [6, 6.07) is 23.6. The molecule has 0 aliphatic rings. The van der Waals surface area contributed by atoms with Crippen molar-refractivity contribution in [1.29, 1.82) is 0 Å². The van der Waals surface area contributed by atoms with Crippen molar-refractivity contribution in [3.05, 3.63) is 100 Å². The zero-order chi connectivity index (χ0) is 20.1. The summed E-state index contributed by atoms with van der Waals surface area (Å²) in [5.74, 6) is -0.385. The van der Waals surface area contributed by atoms with Crippen LogP contribution in [0.15, 0.2) is 89.3 Å². The second-order valence-corrected chi connectivity index (χ2v) is 7.08. The fourth-order valence-electron chi connectivity index (χ4n) is 2.85. The van der Waals surface area contributed by atoms with E-state index in [-0.39, 0.29) is 5.91 Å². The third kappa shape index (κ3) is 4.23. The number of hydrogen-bond donors (Lipinski definition) is 1. The zero-order valence-electron chi connectivity index (χ0n) is 15.2. The number of rotatable bonds is 5. The van der Waals surface area contributed by atoms with Crippen LogP contribution in [0.2, 0.25) is 0 Å². The van der Waals surface area contributed by atoms with Gasteiger partial charge in [-0.25, -0.2) is 10.2 Å². The highest BCUT2D eigenvalue weighted by Gasteiger charge is 2.13. The lowest BCUT2D eigenvalue weighted by atomic mass is 10.0. The van der Waals surface area contributed by atoms with Crippen LogP contribution in [0.3, 0.4) is 0 Å². The van der Waals surface area contributed by atoms with E-state index in [0.717, 1.165) is 10.8 Å². The normalized spacial score (nSPS) is 10.9. The lowest BCUT2D eigenvalue weighted by molar-refractivity contribution is 0.0734. The Morgan fingerprint density at radius 3 is 2.48 bits per heavy atom. The minimum absolute atomic E-state index is 0.292. The summed E-state index contributed by atoms with van der Waals surface area (Å²) >= 11 is 1.33. The van der Waals surface area contributed by atoms with E-state index in [1.165, 1.54) is 17.6 Å². The molecule has 0 radical (unpaired) electrons. The van der Waals surface area contributed by atoms with Crippen molar-refractivity contribution in [1.82, 2.24) is 5.43 Å². The number of hydrazone groups is 1. The third-order valence-corrected chi connectivity index (χ3v) is 5.12. The van der Waals surface area contributed by atoms with Crippen molar-refractivity contribution < 1.29 is 14.3 Å². The molecule has 1 amide bonds. The fourth-order valence-corrected chi connectivity index (χ4v) is 3.46. The van der Waals surface area contributed by atoms with E-state index in [9.17, 15) is 9.59 Å². The van der Waals surface area contributed by atoms with Crippen LogP contribution in [0.25, 0.3) is 10.8 Å². The first kappa shape index (κ1) is 18.6. The van der Waals surface area contributed by atoms with Crippen molar-refractivity contribution in [2.45, 2.75) is 0 Å². The van der Waals surface area contributed by atoms with Gasteiger partial charge in [-0.3, -0.25) is 4.79 Å². The van der Waals surface area contributed by atoms with Crippen LogP contribution < -0.4 is 10.2 Å². The molecule has 0 saturated heterocycles. The van der Waals surface area contributed by atoms with Crippen LogP contribution >= 0.6 is 11.3 Å². The van der Waals surface area contributed by atoms with Gasteiger partial charge in [-0.1, -0.05) is 54.6 Å². The van der Waals surface area contributed by atoms with Gasteiger partial charge in [0.1, 0.15) is 5.75 Å². The number of carbonyl (C=O) groups is 2. The van der Waals surface area contributed by atoms with Crippen molar-refractivity contribution in [3.8, 4) is 5.75 Å². The molecule has 6 heteroatoms. The number of hydrogen-bond acceptors (Lipinski definition) is 5. The topological polar surface area (TPSA) is 67.8 Å². The maximum absolute atomic E-state index is 12.5. The Morgan fingerprint density at radius 1 is 0.897 bits per heavy atom. The minimum atomic E-state index is -0.460. The van der Waals surface area contributed by atoms with E-state index in [0.29, 0.717) is 21.8 Å². The molecule has 0 aliphatic carbocycles. The standard InChI is InChI=1S/C23H16N2O3S/c26-22(21-11-6-14-29-21)25-24-15-19-18-10-5-4-7-16(18)12-13-20(19)28-23(27)17-8-2-1-3-9-17/h1-15H,(H,25,26)/b24-15-.